The van der Waals surface area contributed by atoms with Crippen LogP contribution in [0.1, 0.15) is 37.4 Å². The van der Waals surface area contributed by atoms with Gasteiger partial charge in [0.2, 0.25) is 12.1 Å². The summed E-state index contributed by atoms with van der Waals surface area (Å²) in [7, 11) is 0. The number of benzene rings is 2. The van der Waals surface area contributed by atoms with Gasteiger partial charge in [-0.05, 0) is 30.7 Å². The van der Waals surface area contributed by atoms with Crippen LogP contribution in [0.5, 0.6) is 11.5 Å². The summed E-state index contributed by atoms with van der Waals surface area (Å²) >= 11 is 0. The van der Waals surface area contributed by atoms with Gasteiger partial charge in [-0.25, -0.2) is 0 Å². The number of aryl methyl sites for hydroxylation is 1. The molecule has 24 nitrogen and oxygen atoms in total. The van der Waals surface area contributed by atoms with E-state index in [0.29, 0.717) is 5.56 Å². The molecule has 4 fully saturated rings. The third kappa shape index (κ3) is 8.97. The summed E-state index contributed by atoms with van der Waals surface area (Å²) in [5, 5.41) is 147. The second-order valence-electron chi connectivity index (χ2n) is 15.9. The lowest BCUT2D eigenvalue weighted by Crippen LogP contribution is -2.65. The molecule has 0 saturated carbocycles. The lowest BCUT2D eigenvalue weighted by Gasteiger charge is -2.46. The van der Waals surface area contributed by atoms with Crippen LogP contribution in [-0.4, -0.2) is 232 Å². The van der Waals surface area contributed by atoms with Gasteiger partial charge >= 0.3 is 0 Å². The molecule has 24 heteroatoms. The molecule has 0 unspecified atom stereocenters. The van der Waals surface area contributed by atoms with E-state index in [2.05, 4.69) is 0 Å². The highest BCUT2D eigenvalue weighted by molar-refractivity contribution is 6.30. The van der Waals surface area contributed by atoms with Gasteiger partial charge in [0.1, 0.15) is 109 Å². The Morgan fingerprint density at radius 3 is 1.60 bits per heavy atom. The maximum absolute atomic E-state index is 13.7. The molecule has 0 spiro atoms. The summed E-state index contributed by atoms with van der Waals surface area (Å²) in [6, 6.07) is 6.77. The lowest BCUT2D eigenvalue weighted by molar-refractivity contribution is -0.369. The zero-order valence-corrected chi connectivity index (χ0v) is 33.1. The number of carbonyl (C=O) groups is 2. The van der Waals surface area contributed by atoms with E-state index in [1.165, 1.54) is 30.3 Å². The third-order valence-electron chi connectivity index (χ3n) is 11.6. The minimum Gasteiger partial charge on any atom is -0.507 e. The molecule has 350 valence electrons. The Morgan fingerprint density at radius 2 is 1.02 bits per heavy atom. The zero-order valence-electron chi connectivity index (χ0n) is 33.1. The van der Waals surface area contributed by atoms with E-state index in [4.69, 9.17) is 37.9 Å². The van der Waals surface area contributed by atoms with Gasteiger partial charge in [0, 0.05) is 11.1 Å². The molecule has 63 heavy (non-hydrogen) atoms. The molecule has 5 aliphatic rings. The van der Waals surface area contributed by atoms with Crippen molar-refractivity contribution >= 4 is 11.6 Å². The number of fused-ring (bicyclic) bond motifs is 2. The Morgan fingerprint density at radius 1 is 0.524 bits per heavy atom. The molecular formula is C39H50O24. The summed E-state index contributed by atoms with van der Waals surface area (Å²) in [5.41, 5.74) is -0.243. The fraction of sp³-hybridized carbons (Fsp3) is 0.641. The summed E-state index contributed by atoms with van der Waals surface area (Å²) in [5.74, 6) is -2.13. The molecule has 4 aliphatic heterocycles. The van der Waals surface area contributed by atoms with Crippen molar-refractivity contribution in [3.63, 3.8) is 0 Å². The Kier molecular flexibility index (Phi) is 14.5. The number of ether oxygens (including phenoxy) is 8. The predicted molar refractivity (Wildman–Crippen MR) is 198 cm³/mol. The van der Waals surface area contributed by atoms with Gasteiger partial charge in [0.05, 0.1) is 37.6 Å². The molecule has 2 aromatic carbocycles. The van der Waals surface area contributed by atoms with Crippen LogP contribution in [0.25, 0.3) is 0 Å². The second kappa shape index (κ2) is 19.2. The van der Waals surface area contributed by atoms with Crippen LogP contribution in [0.2, 0.25) is 0 Å². The topological polar surface area (TPSA) is 391 Å². The summed E-state index contributed by atoms with van der Waals surface area (Å²) in [6.07, 6.45) is -36.4. The number of hydrogen-bond donors (Lipinski definition) is 14. The predicted octanol–water partition coefficient (Wildman–Crippen LogP) is -6.87. The first-order chi connectivity index (χ1) is 29.9. The second-order valence-corrected chi connectivity index (χ2v) is 15.9. The highest BCUT2D eigenvalue weighted by Crippen LogP contribution is 2.39. The number of phenols is 1. The third-order valence-corrected chi connectivity index (χ3v) is 11.6. The van der Waals surface area contributed by atoms with Gasteiger partial charge in [-0.2, -0.15) is 0 Å². The van der Waals surface area contributed by atoms with Gasteiger partial charge in [-0.15, -0.1) is 0 Å². The molecule has 0 bridgehead atoms. The largest absolute Gasteiger partial charge is 0.507 e. The summed E-state index contributed by atoms with van der Waals surface area (Å²) in [4.78, 5) is 27.1. The number of aliphatic hydroxyl groups excluding tert-OH is 13. The molecule has 0 amide bonds. The van der Waals surface area contributed by atoms with Gasteiger partial charge in [-0.3, -0.25) is 9.59 Å². The first-order valence-electron chi connectivity index (χ1n) is 19.8. The van der Waals surface area contributed by atoms with Crippen LogP contribution in [0.3, 0.4) is 0 Å². The van der Waals surface area contributed by atoms with Crippen molar-refractivity contribution in [2.24, 2.45) is 0 Å². The van der Waals surface area contributed by atoms with E-state index in [9.17, 15) is 81.1 Å². The Labute approximate surface area is 356 Å². The van der Waals surface area contributed by atoms with Crippen molar-refractivity contribution in [2.75, 3.05) is 26.4 Å². The van der Waals surface area contributed by atoms with E-state index in [1.807, 2.05) is 0 Å². The number of rotatable bonds is 12. The minimum absolute atomic E-state index is 0.0489. The monoisotopic (exact) mass is 902 g/mol. The first-order valence-corrected chi connectivity index (χ1v) is 19.8. The van der Waals surface area contributed by atoms with E-state index >= 15 is 0 Å². The molecule has 2 aromatic rings. The fourth-order valence-electron chi connectivity index (χ4n) is 8.03. The van der Waals surface area contributed by atoms with E-state index < -0.39 is 167 Å². The Balaban J connectivity index is 1.03. The van der Waals surface area contributed by atoms with Crippen molar-refractivity contribution in [1.82, 2.24) is 0 Å². The van der Waals surface area contributed by atoms with Crippen LogP contribution in [-0.2, 0) is 33.2 Å². The van der Waals surface area contributed by atoms with Gasteiger partial charge in [0.25, 0.3) is 0 Å². The number of carbonyl (C=O) groups excluding carboxylic acids is 2. The number of ketones is 2. The van der Waals surface area contributed by atoms with Gasteiger partial charge in [0.15, 0.2) is 24.7 Å². The zero-order chi connectivity index (χ0) is 45.8. The van der Waals surface area contributed by atoms with Crippen LogP contribution in [0.15, 0.2) is 30.3 Å². The summed E-state index contributed by atoms with van der Waals surface area (Å²) in [6.45, 7) is -1.60. The fourth-order valence-corrected chi connectivity index (χ4v) is 8.03. The van der Waals surface area contributed by atoms with Crippen molar-refractivity contribution in [2.45, 2.75) is 130 Å². The normalized spacial score (nSPS) is 41.8. The Bertz CT molecular complexity index is 1950. The average Bonchev–Trinajstić information content (AvgIpc) is 3.26. The standard InChI is InChI=1S/C39H50O24/c1-11-5-13-21(27(48)20-12(22(13)43)3-2-4-14(20)42)15(6-11)58-38-32(53)29(50)24(45)18(61-38)10-57-37-34(55)35(26(47)17(8-41)60-37)63-39-33(54)30(51)25(46)19(62-39)9-56-36-31(52)28(49)23(44)16(7-40)59-36/h2-6,16-19,23-26,28-42,44-47,49-55H,7-10H2,1H3/t16-,17-,18-,19-,23-,24-,25-,26-,28+,29+,30+,31-,32-,33-,34-,35+,36-,37-,38-,39+/m1/s1. The van der Waals surface area contributed by atoms with E-state index in [0.717, 1.165) is 0 Å². The molecular weight excluding hydrogens is 852 g/mol. The van der Waals surface area contributed by atoms with E-state index in [1.54, 1.807) is 6.92 Å². The van der Waals surface area contributed by atoms with Crippen molar-refractivity contribution in [1.29, 1.82) is 0 Å². The van der Waals surface area contributed by atoms with Gasteiger partial charge < -0.3 is 109 Å². The molecule has 1 aliphatic carbocycles. The molecule has 4 saturated heterocycles. The molecule has 0 aromatic heterocycles. The highest BCUT2D eigenvalue weighted by atomic mass is 16.8. The lowest BCUT2D eigenvalue weighted by atomic mass is 9.82. The quantitative estimate of drug-likeness (QED) is 0.0803. The van der Waals surface area contributed by atoms with Crippen molar-refractivity contribution < 1.29 is 119 Å². The number of hydrogen-bond acceptors (Lipinski definition) is 24. The van der Waals surface area contributed by atoms with E-state index in [-0.39, 0.29) is 28.0 Å². The van der Waals surface area contributed by atoms with Crippen LogP contribution < -0.4 is 4.74 Å². The molecule has 14 N–H and O–H groups in total. The molecule has 4 heterocycles. The van der Waals surface area contributed by atoms with Crippen LogP contribution in [0.4, 0.5) is 0 Å². The minimum atomic E-state index is -2.05. The average molecular weight is 903 g/mol. The maximum atomic E-state index is 13.7. The SMILES string of the molecule is Cc1cc(O[C@@H]2O[C@H](CO[C@@H]3O[C@H](CO)[C@@H](O)[C@H](O[C@@H]4O[C@H](CO[C@@H]5O[C@H](CO)[C@@H](O)[C@H](O)[C@H]5O)[C@@H](O)[C@H](O)[C@H]4O)[C@H]3O)[C@@H](O)[C@H](O)[C@H]2O)c2c(c1)C(=O)c1cccc(O)c1C2=O. The number of aliphatic hydroxyl groups is 13. The highest BCUT2D eigenvalue weighted by Gasteiger charge is 2.53. The Hall–Kier alpha value is -3.42. The first kappa shape index (κ1) is 47.5. The number of phenolic OH excluding ortho intramolecular Hbond substituents is 1. The van der Waals surface area contributed by atoms with Gasteiger partial charge in [-0.1, -0.05) is 12.1 Å². The molecule has 7 rings (SSSR count). The van der Waals surface area contributed by atoms with Crippen LogP contribution >= 0.6 is 0 Å². The van der Waals surface area contributed by atoms with Crippen molar-refractivity contribution in [3.8, 4) is 11.5 Å². The summed E-state index contributed by atoms with van der Waals surface area (Å²) < 4.78 is 44.8. The smallest absolute Gasteiger partial charge is 0.229 e. The molecule has 0 radical (unpaired) electrons. The van der Waals surface area contributed by atoms with Crippen LogP contribution in [0, 0.1) is 6.92 Å². The maximum Gasteiger partial charge on any atom is 0.229 e. The molecule has 20 atom stereocenters. The number of aromatic hydroxyl groups is 1. The van der Waals surface area contributed by atoms with Crippen molar-refractivity contribution in [3.05, 3.63) is 58.1 Å².